The number of para-hydroxylation sites is 1. The molecule has 2 heterocycles. The summed E-state index contributed by atoms with van der Waals surface area (Å²) in [6, 6.07) is 22.0. The molecule has 3 aromatic rings. The number of aliphatic imine (C=N–C) groups is 1. The van der Waals surface area contributed by atoms with Gasteiger partial charge in [0.1, 0.15) is 17.6 Å². The smallest absolute Gasteiger partial charge is 0.133 e. The summed E-state index contributed by atoms with van der Waals surface area (Å²) in [5.41, 5.74) is 4.50. The highest BCUT2D eigenvalue weighted by molar-refractivity contribution is 6.30. The Balaban J connectivity index is 1.58. The summed E-state index contributed by atoms with van der Waals surface area (Å²) in [4.78, 5) is 5.07. The third-order valence-corrected chi connectivity index (χ3v) is 5.79. The van der Waals surface area contributed by atoms with Crippen molar-refractivity contribution in [2.24, 2.45) is 4.99 Å². The molecule has 0 aromatic heterocycles. The maximum absolute atomic E-state index is 6.10. The molecule has 0 fully saturated rings. The van der Waals surface area contributed by atoms with Gasteiger partial charge in [0, 0.05) is 16.5 Å². The molecule has 0 amide bonds. The number of hydrogen-bond acceptors (Lipinski definition) is 3. The minimum absolute atomic E-state index is 0.00528. The lowest BCUT2D eigenvalue weighted by atomic mass is 9.95. The van der Waals surface area contributed by atoms with Gasteiger partial charge in [0.2, 0.25) is 0 Å². The van der Waals surface area contributed by atoms with Crippen LogP contribution in [0, 0.1) is 0 Å². The first kappa shape index (κ1) is 17.6. The topological polar surface area (TPSA) is 33.6 Å². The summed E-state index contributed by atoms with van der Waals surface area (Å²) < 4.78 is 5.90. The van der Waals surface area contributed by atoms with Gasteiger partial charge in [-0.3, -0.25) is 4.99 Å². The second-order valence-corrected chi connectivity index (χ2v) is 7.91. The highest BCUT2D eigenvalue weighted by Crippen LogP contribution is 2.40. The molecule has 2 aliphatic rings. The summed E-state index contributed by atoms with van der Waals surface area (Å²) in [5.74, 6) is 1.80. The molecule has 0 bridgehead atoms. The van der Waals surface area contributed by atoms with Crippen LogP contribution in [0.25, 0.3) is 0 Å². The Morgan fingerprint density at radius 3 is 2.25 bits per heavy atom. The Labute approximate surface area is 174 Å². The predicted octanol–water partition coefficient (Wildman–Crippen LogP) is 5.76. The number of halogens is 2. The number of ether oxygens (including phenoxy) is 1. The standard InChI is InChI=1S/C23H18Cl2N2O/c24-17-8-4-14(5-9-17)20-21(15-6-10-18(25)11-7-15)27-23(26-20)19-3-1-2-16-12-13-28-22(16)19/h1-11,20-21H,12-13H2,(H,26,27)/t20-,21+. The van der Waals surface area contributed by atoms with Gasteiger partial charge < -0.3 is 10.1 Å². The summed E-state index contributed by atoms with van der Waals surface area (Å²) in [7, 11) is 0. The van der Waals surface area contributed by atoms with Crippen molar-refractivity contribution in [2.45, 2.75) is 18.5 Å². The van der Waals surface area contributed by atoms with Crippen LogP contribution < -0.4 is 10.1 Å². The van der Waals surface area contributed by atoms with Gasteiger partial charge in [0.15, 0.2) is 0 Å². The van der Waals surface area contributed by atoms with E-state index >= 15 is 0 Å². The lowest BCUT2D eigenvalue weighted by molar-refractivity contribution is 0.356. The molecule has 5 rings (SSSR count). The predicted molar refractivity (Wildman–Crippen MR) is 114 cm³/mol. The first-order valence-corrected chi connectivity index (χ1v) is 10.0. The second-order valence-electron chi connectivity index (χ2n) is 7.04. The molecule has 140 valence electrons. The van der Waals surface area contributed by atoms with Crippen LogP contribution in [0.3, 0.4) is 0 Å². The van der Waals surface area contributed by atoms with Gasteiger partial charge in [-0.15, -0.1) is 0 Å². The fraction of sp³-hybridized carbons (Fsp3) is 0.174. The van der Waals surface area contributed by atoms with Gasteiger partial charge in [0.25, 0.3) is 0 Å². The molecule has 0 saturated carbocycles. The first-order valence-electron chi connectivity index (χ1n) is 9.29. The van der Waals surface area contributed by atoms with Gasteiger partial charge in [0.05, 0.1) is 18.2 Å². The van der Waals surface area contributed by atoms with Crippen molar-refractivity contribution in [1.29, 1.82) is 0 Å². The van der Waals surface area contributed by atoms with E-state index in [0.717, 1.165) is 51.3 Å². The van der Waals surface area contributed by atoms with Crippen molar-refractivity contribution in [3.8, 4) is 5.75 Å². The van der Waals surface area contributed by atoms with E-state index in [1.807, 2.05) is 48.5 Å². The van der Waals surface area contributed by atoms with Crippen molar-refractivity contribution in [2.75, 3.05) is 6.61 Å². The zero-order valence-corrected chi connectivity index (χ0v) is 16.5. The molecule has 3 aromatic carbocycles. The van der Waals surface area contributed by atoms with Crippen LogP contribution in [-0.4, -0.2) is 12.4 Å². The van der Waals surface area contributed by atoms with E-state index in [-0.39, 0.29) is 12.1 Å². The second kappa shape index (κ2) is 7.16. The lowest BCUT2D eigenvalue weighted by Crippen LogP contribution is -2.25. The molecule has 1 N–H and O–H groups in total. The van der Waals surface area contributed by atoms with Gasteiger partial charge in [-0.2, -0.15) is 0 Å². The van der Waals surface area contributed by atoms with Crippen LogP contribution in [0.15, 0.2) is 71.7 Å². The van der Waals surface area contributed by atoms with Crippen LogP contribution in [-0.2, 0) is 6.42 Å². The van der Waals surface area contributed by atoms with Crippen LogP contribution in [0.4, 0.5) is 0 Å². The van der Waals surface area contributed by atoms with Crippen molar-refractivity contribution in [1.82, 2.24) is 5.32 Å². The van der Waals surface area contributed by atoms with Crippen LogP contribution in [0.1, 0.15) is 34.3 Å². The van der Waals surface area contributed by atoms with Crippen LogP contribution in [0.2, 0.25) is 10.0 Å². The quantitative estimate of drug-likeness (QED) is 0.597. The minimum Gasteiger partial charge on any atom is -0.492 e. The number of benzene rings is 3. The molecular weight excluding hydrogens is 391 g/mol. The van der Waals surface area contributed by atoms with E-state index in [1.54, 1.807) is 0 Å². The number of nitrogens with one attached hydrogen (secondary N) is 1. The third-order valence-electron chi connectivity index (χ3n) is 5.29. The van der Waals surface area contributed by atoms with Crippen LogP contribution >= 0.6 is 23.2 Å². The summed E-state index contributed by atoms with van der Waals surface area (Å²) in [6.07, 6.45) is 0.942. The molecule has 0 aliphatic carbocycles. The molecule has 2 aliphatic heterocycles. The molecular formula is C23H18Cl2N2O. The number of fused-ring (bicyclic) bond motifs is 1. The van der Waals surface area contributed by atoms with E-state index in [0.29, 0.717) is 0 Å². The number of amidine groups is 1. The molecule has 28 heavy (non-hydrogen) atoms. The lowest BCUT2D eigenvalue weighted by Gasteiger charge is -2.20. The molecule has 3 nitrogen and oxygen atoms in total. The maximum atomic E-state index is 6.10. The molecule has 5 heteroatoms. The molecule has 2 atom stereocenters. The largest absolute Gasteiger partial charge is 0.492 e. The Morgan fingerprint density at radius 1 is 0.857 bits per heavy atom. The van der Waals surface area contributed by atoms with E-state index in [9.17, 15) is 0 Å². The molecule has 0 radical (unpaired) electrons. The van der Waals surface area contributed by atoms with Crippen molar-refractivity contribution >= 4 is 29.0 Å². The molecule has 0 saturated heterocycles. The van der Waals surface area contributed by atoms with Gasteiger partial charge in [-0.05, 0) is 47.0 Å². The summed E-state index contributed by atoms with van der Waals surface area (Å²) >= 11 is 12.2. The van der Waals surface area contributed by atoms with Crippen molar-refractivity contribution < 1.29 is 4.74 Å². The minimum atomic E-state index is -0.0642. The highest BCUT2D eigenvalue weighted by atomic mass is 35.5. The average molecular weight is 409 g/mol. The van der Waals surface area contributed by atoms with Gasteiger partial charge >= 0.3 is 0 Å². The van der Waals surface area contributed by atoms with Crippen LogP contribution in [0.5, 0.6) is 5.75 Å². The third kappa shape index (κ3) is 3.15. The zero-order chi connectivity index (χ0) is 19.1. The number of rotatable bonds is 3. The average Bonchev–Trinajstić information content (AvgIpc) is 3.36. The Hall–Kier alpha value is -2.49. The molecule has 0 spiro atoms. The molecule has 0 unspecified atom stereocenters. The zero-order valence-electron chi connectivity index (χ0n) is 15.0. The van der Waals surface area contributed by atoms with E-state index in [2.05, 4.69) is 23.5 Å². The number of nitrogens with zero attached hydrogens (tertiary/aromatic N) is 1. The monoisotopic (exact) mass is 408 g/mol. The Kier molecular flexibility index (Phi) is 4.50. The Morgan fingerprint density at radius 2 is 1.54 bits per heavy atom. The fourth-order valence-electron chi connectivity index (χ4n) is 3.89. The maximum Gasteiger partial charge on any atom is 0.133 e. The van der Waals surface area contributed by atoms with Gasteiger partial charge in [-0.1, -0.05) is 59.6 Å². The van der Waals surface area contributed by atoms with Gasteiger partial charge in [-0.25, -0.2) is 0 Å². The first-order chi connectivity index (χ1) is 13.7. The summed E-state index contributed by atoms with van der Waals surface area (Å²) in [5, 5.41) is 5.07. The highest BCUT2D eigenvalue weighted by Gasteiger charge is 2.33. The normalized spacial score (nSPS) is 20.3. The van der Waals surface area contributed by atoms with E-state index in [1.165, 1.54) is 5.56 Å². The summed E-state index contributed by atoms with van der Waals surface area (Å²) in [6.45, 7) is 0.723. The fourth-order valence-corrected chi connectivity index (χ4v) is 4.14. The SMILES string of the molecule is Clc1ccc([C@H]2NC(c3cccc4c3OCC4)=N[C@H]2c2ccc(Cl)cc2)cc1. The van der Waals surface area contributed by atoms with Crippen molar-refractivity contribution in [3.05, 3.63) is 99.0 Å². The Bertz CT molecular complexity index is 1050. The van der Waals surface area contributed by atoms with E-state index < -0.39 is 0 Å². The van der Waals surface area contributed by atoms with E-state index in [4.69, 9.17) is 32.9 Å². The number of hydrogen-bond donors (Lipinski definition) is 1. The van der Waals surface area contributed by atoms with Crippen molar-refractivity contribution in [3.63, 3.8) is 0 Å².